The molecule has 1 unspecified atom stereocenters. The molecule has 1 aromatic heterocycles. The van der Waals surface area contributed by atoms with Crippen molar-refractivity contribution in [2.24, 2.45) is 5.41 Å². The van der Waals surface area contributed by atoms with Crippen LogP contribution in [0.15, 0.2) is 24.5 Å². The fraction of sp³-hybridized carbons (Fsp3) is 0.643. The summed E-state index contributed by atoms with van der Waals surface area (Å²) in [5.74, 6) is 0. The Hall–Kier alpha value is -0.930. The molecule has 1 N–H and O–H groups in total. The summed E-state index contributed by atoms with van der Waals surface area (Å²) in [7, 11) is 0. The smallest absolute Gasteiger partial charge is 0.0312 e. The van der Waals surface area contributed by atoms with Crippen LogP contribution in [0.1, 0.15) is 26.3 Å². The van der Waals surface area contributed by atoms with Crippen LogP contribution >= 0.6 is 0 Å². The molecule has 1 aliphatic rings. The van der Waals surface area contributed by atoms with E-state index in [0.29, 0.717) is 11.5 Å². The average molecular weight is 233 g/mol. The molecule has 0 saturated carbocycles. The van der Waals surface area contributed by atoms with Crippen LogP contribution in [0.25, 0.3) is 0 Å². The molecule has 0 aromatic carbocycles. The molecule has 2 rings (SSSR count). The maximum atomic E-state index is 4.19. The van der Waals surface area contributed by atoms with Gasteiger partial charge in [-0.1, -0.05) is 19.9 Å². The van der Waals surface area contributed by atoms with E-state index >= 15 is 0 Å². The number of pyridine rings is 1. The molecule has 1 fully saturated rings. The van der Waals surface area contributed by atoms with Crippen molar-refractivity contribution in [1.82, 2.24) is 15.2 Å². The molecule has 1 atom stereocenters. The zero-order valence-electron chi connectivity index (χ0n) is 11.1. The predicted molar refractivity (Wildman–Crippen MR) is 70.8 cm³/mol. The number of nitrogens with zero attached hydrogens (tertiary/aromatic N) is 2. The Morgan fingerprint density at radius 1 is 1.53 bits per heavy atom. The summed E-state index contributed by atoms with van der Waals surface area (Å²) in [4.78, 5) is 6.72. The normalized spacial score (nSPS) is 25.5. The maximum absolute atomic E-state index is 4.19. The number of aromatic nitrogens is 1. The molecule has 2 heterocycles. The minimum absolute atomic E-state index is 0.340. The largest absolute Gasteiger partial charge is 0.312 e. The quantitative estimate of drug-likeness (QED) is 0.845. The average Bonchev–Trinajstić information content (AvgIpc) is 2.39. The van der Waals surface area contributed by atoms with Gasteiger partial charge in [-0.2, -0.15) is 0 Å². The Labute approximate surface area is 104 Å². The van der Waals surface area contributed by atoms with E-state index in [1.54, 1.807) is 0 Å². The van der Waals surface area contributed by atoms with Gasteiger partial charge in [0.15, 0.2) is 0 Å². The summed E-state index contributed by atoms with van der Waals surface area (Å²) >= 11 is 0. The van der Waals surface area contributed by atoms with Crippen LogP contribution < -0.4 is 5.32 Å². The van der Waals surface area contributed by atoms with Gasteiger partial charge < -0.3 is 5.32 Å². The highest BCUT2D eigenvalue weighted by atomic mass is 15.2. The molecule has 17 heavy (non-hydrogen) atoms. The Morgan fingerprint density at radius 3 is 3.06 bits per heavy atom. The standard InChI is InChI=1S/C14H23N3/c1-12-8-17(11-14(2,3)10-16-12)9-13-5-4-6-15-7-13/h4-7,12,16H,8-11H2,1-3H3. The molecule has 0 spiro atoms. The molecular formula is C14H23N3. The Morgan fingerprint density at radius 2 is 2.35 bits per heavy atom. The molecular weight excluding hydrogens is 210 g/mol. The number of hydrogen-bond acceptors (Lipinski definition) is 3. The second-order valence-corrected chi connectivity index (χ2v) is 5.98. The second-order valence-electron chi connectivity index (χ2n) is 5.98. The molecule has 0 bridgehead atoms. The molecule has 0 amide bonds. The van der Waals surface area contributed by atoms with E-state index in [2.05, 4.69) is 42.0 Å². The van der Waals surface area contributed by atoms with Crippen LogP contribution in [0.3, 0.4) is 0 Å². The van der Waals surface area contributed by atoms with E-state index < -0.39 is 0 Å². The van der Waals surface area contributed by atoms with Gasteiger partial charge in [0.2, 0.25) is 0 Å². The summed E-state index contributed by atoms with van der Waals surface area (Å²) in [5.41, 5.74) is 1.64. The first kappa shape index (κ1) is 12.5. The zero-order valence-corrected chi connectivity index (χ0v) is 11.1. The van der Waals surface area contributed by atoms with Crippen molar-refractivity contribution in [2.45, 2.75) is 33.4 Å². The number of rotatable bonds is 2. The molecule has 0 radical (unpaired) electrons. The summed E-state index contributed by atoms with van der Waals surface area (Å²) in [6, 6.07) is 4.73. The first-order valence-electron chi connectivity index (χ1n) is 6.40. The van der Waals surface area contributed by atoms with Crippen molar-refractivity contribution in [3.63, 3.8) is 0 Å². The molecule has 1 saturated heterocycles. The number of hydrogen-bond donors (Lipinski definition) is 1. The van der Waals surface area contributed by atoms with Crippen LogP contribution in [-0.2, 0) is 6.54 Å². The van der Waals surface area contributed by atoms with Crippen LogP contribution in [-0.4, -0.2) is 35.6 Å². The highest BCUT2D eigenvalue weighted by molar-refractivity contribution is 5.08. The van der Waals surface area contributed by atoms with Crippen molar-refractivity contribution >= 4 is 0 Å². The Kier molecular flexibility index (Phi) is 3.79. The topological polar surface area (TPSA) is 28.2 Å². The van der Waals surface area contributed by atoms with Crippen molar-refractivity contribution < 1.29 is 0 Å². The molecule has 3 nitrogen and oxygen atoms in total. The predicted octanol–water partition coefficient (Wildman–Crippen LogP) is 1.90. The van der Waals surface area contributed by atoms with Crippen LogP contribution in [0.4, 0.5) is 0 Å². The lowest BCUT2D eigenvalue weighted by molar-refractivity contribution is 0.195. The lowest BCUT2D eigenvalue weighted by Gasteiger charge is -2.29. The van der Waals surface area contributed by atoms with Gasteiger partial charge in [-0.3, -0.25) is 9.88 Å². The summed E-state index contributed by atoms with van der Waals surface area (Å²) in [5, 5.41) is 3.59. The van der Waals surface area contributed by atoms with Gasteiger partial charge in [0.1, 0.15) is 0 Å². The highest BCUT2D eigenvalue weighted by Gasteiger charge is 2.26. The minimum atomic E-state index is 0.340. The first-order chi connectivity index (χ1) is 8.05. The summed E-state index contributed by atoms with van der Waals surface area (Å²) in [6.45, 7) is 11.3. The van der Waals surface area contributed by atoms with Crippen LogP contribution in [0.2, 0.25) is 0 Å². The molecule has 1 aliphatic heterocycles. The zero-order chi connectivity index (χ0) is 12.3. The number of nitrogens with one attached hydrogen (secondary N) is 1. The van der Waals surface area contributed by atoms with Gasteiger partial charge in [0, 0.05) is 44.6 Å². The van der Waals surface area contributed by atoms with Crippen LogP contribution in [0.5, 0.6) is 0 Å². The lowest BCUT2D eigenvalue weighted by atomic mass is 9.93. The molecule has 94 valence electrons. The van der Waals surface area contributed by atoms with Crippen molar-refractivity contribution in [3.8, 4) is 0 Å². The van der Waals surface area contributed by atoms with Crippen LogP contribution in [0, 0.1) is 5.41 Å². The third-order valence-electron chi connectivity index (χ3n) is 3.24. The first-order valence-corrected chi connectivity index (χ1v) is 6.40. The van der Waals surface area contributed by atoms with Gasteiger partial charge in [-0.25, -0.2) is 0 Å². The van der Waals surface area contributed by atoms with Crippen molar-refractivity contribution in [3.05, 3.63) is 30.1 Å². The minimum Gasteiger partial charge on any atom is -0.312 e. The van der Waals surface area contributed by atoms with Gasteiger partial charge in [-0.15, -0.1) is 0 Å². The van der Waals surface area contributed by atoms with Crippen molar-refractivity contribution in [2.75, 3.05) is 19.6 Å². The maximum Gasteiger partial charge on any atom is 0.0312 e. The third-order valence-corrected chi connectivity index (χ3v) is 3.24. The monoisotopic (exact) mass is 233 g/mol. The highest BCUT2D eigenvalue weighted by Crippen LogP contribution is 2.20. The molecule has 3 heteroatoms. The van der Waals surface area contributed by atoms with Gasteiger partial charge in [0.05, 0.1) is 0 Å². The van der Waals surface area contributed by atoms with Gasteiger partial charge in [0.25, 0.3) is 0 Å². The van der Waals surface area contributed by atoms with E-state index in [-0.39, 0.29) is 0 Å². The fourth-order valence-corrected chi connectivity index (χ4v) is 2.50. The van der Waals surface area contributed by atoms with E-state index in [1.807, 2.05) is 18.5 Å². The second kappa shape index (κ2) is 5.15. The molecule has 1 aromatic rings. The fourth-order valence-electron chi connectivity index (χ4n) is 2.50. The van der Waals surface area contributed by atoms with Crippen molar-refractivity contribution in [1.29, 1.82) is 0 Å². The van der Waals surface area contributed by atoms with Gasteiger partial charge in [-0.05, 0) is 24.0 Å². The Balaban J connectivity index is 2.03. The van der Waals surface area contributed by atoms with E-state index in [1.165, 1.54) is 5.56 Å². The summed E-state index contributed by atoms with van der Waals surface area (Å²) < 4.78 is 0. The third kappa shape index (κ3) is 3.79. The Bertz CT molecular complexity index is 348. The summed E-state index contributed by atoms with van der Waals surface area (Å²) in [6.07, 6.45) is 3.80. The van der Waals surface area contributed by atoms with Gasteiger partial charge >= 0.3 is 0 Å². The van der Waals surface area contributed by atoms with E-state index in [0.717, 1.165) is 26.2 Å². The molecule has 0 aliphatic carbocycles. The SMILES string of the molecule is CC1CN(Cc2cccnc2)CC(C)(C)CN1. The lowest BCUT2D eigenvalue weighted by Crippen LogP contribution is -2.35. The van der Waals surface area contributed by atoms with E-state index in [9.17, 15) is 0 Å². The van der Waals surface area contributed by atoms with E-state index in [4.69, 9.17) is 0 Å².